The normalized spacial score (nSPS) is 11.9. The lowest BCUT2D eigenvalue weighted by molar-refractivity contribution is -0.160. The van der Waals surface area contributed by atoms with Gasteiger partial charge >= 0.3 is 17.9 Å². The SMILES string of the molecule is CCCC(=O)OC(=O)C(N)CCC(=O)O. The molecule has 0 bridgehead atoms. The second kappa shape index (κ2) is 6.94. The number of carboxylic acids is 1. The van der Waals surface area contributed by atoms with Crippen molar-refractivity contribution in [2.24, 2.45) is 5.73 Å². The average Bonchev–Trinajstić information content (AvgIpc) is 2.14. The lowest BCUT2D eigenvalue weighted by Gasteiger charge is -2.08. The van der Waals surface area contributed by atoms with Crippen LogP contribution in [0.15, 0.2) is 0 Å². The highest BCUT2D eigenvalue weighted by Crippen LogP contribution is 1.99. The summed E-state index contributed by atoms with van der Waals surface area (Å²) in [5.41, 5.74) is 5.32. The van der Waals surface area contributed by atoms with Gasteiger partial charge in [0.2, 0.25) is 0 Å². The Balaban J connectivity index is 3.88. The fraction of sp³-hybridized carbons (Fsp3) is 0.667. The minimum absolute atomic E-state index is 0.0342. The predicted molar refractivity (Wildman–Crippen MR) is 50.9 cm³/mol. The van der Waals surface area contributed by atoms with Gasteiger partial charge in [-0.3, -0.25) is 9.59 Å². The van der Waals surface area contributed by atoms with Crippen LogP contribution < -0.4 is 5.73 Å². The third-order valence-electron chi connectivity index (χ3n) is 1.64. The quantitative estimate of drug-likeness (QED) is 0.481. The first kappa shape index (κ1) is 13.6. The first-order chi connectivity index (χ1) is 6.97. The summed E-state index contributed by atoms with van der Waals surface area (Å²) in [6, 6.07) is -1.05. The second-order valence-electron chi connectivity index (χ2n) is 3.08. The Hall–Kier alpha value is -1.43. The lowest BCUT2D eigenvalue weighted by Crippen LogP contribution is -2.34. The molecule has 0 amide bonds. The number of carboxylic acid groups (broad SMARTS) is 1. The highest BCUT2D eigenvalue weighted by molar-refractivity contribution is 5.88. The Morgan fingerprint density at radius 2 is 1.93 bits per heavy atom. The zero-order chi connectivity index (χ0) is 11.8. The molecule has 15 heavy (non-hydrogen) atoms. The second-order valence-corrected chi connectivity index (χ2v) is 3.08. The highest BCUT2D eigenvalue weighted by atomic mass is 16.6. The van der Waals surface area contributed by atoms with Gasteiger partial charge in [-0.05, 0) is 12.8 Å². The molecule has 0 radical (unpaired) electrons. The van der Waals surface area contributed by atoms with E-state index in [0.717, 1.165) is 0 Å². The monoisotopic (exact) mass is 217 g/mol. The van der Waals surface area contributed by atoms with Gasteiger partial charge in [0.15, 0.2) is 0 Å². The number of esters is 2. The zero-order valence-electron chi connectivity index (χ0n) is 8.56. The molecule has 0 rings (SSSR count). The van der Waals surface area contributed by atoms with Crippen LogP contribution in [0.3, 0.4) is 0 Å². The molecule has 0 spiro atoms. The first-order valence-electron chi connectivity index (χ1n) is 4.69. The Labute approximate surface area is 87.4 Å². The van der Waals surface area contributed by atoms with Crippen molar-refractivity contribution in [3.05, 3.63) is 0 Å². The van der Waals surface area contributed by atoms with Crippen LogP contribution in [-0.2, 0) is 19.1 Å². The van der Waals surface area contributed by atoms with E-state index in [0.29, 0.717) is 6.42 Å². The van der Waals surface area contributed by atoms with Crippen molar-refractivity contribution in [2.75, 3.05) is 0 Å². The van der Waals surface area contributed by atoms with Crippen LogP contribution in [-0.4, -0.2) is 29.1 Å². The van der Waals surface area contributed by atoms with E-state index in [1.807, 2.05) is 0 Å². The predicted octanol–water partition coefficient (Wildman–Crippen LogP) is 0.0484. The van der Waals surface area contributed by atoms with Crippen molar-refractivity contribution < 1.29 is 24.2 Å². The van der Waals surface area contributed by atoms with E-state index in [-0.39, 0.29) is 19.3 Å². The number of ether oxygens (including phenoxy) is 1. The fourth-order valence-corrected chi connectivity index (χ4v) is 0.840. The van der Waals surface area contributed by atoms with Gasteiger partial charge in [-0.25, -0.2) is 4.79 Å². The number of rotatable bonds is 6. The number of hydrogen-bond acceptors (Lipinski definition) is 5. The van der Waals surface area contributed by atoms with Gasteiger partial charge < -0.3 is 15.6 Å². The average molecular weight is 217 g/mol. The Morgan fingerprint density at radius 3 is 2.40 bits per heavy atom. The molecule has 0 aliphatic carbocycles. The minimum Gasteiger partial charge on any atom is -0.481 e. The molecule has 0 aliphatic heterocycles. The number of carbonyl (C=O) groups excluding carboxylic acids is 2. The third kappa shape index (κ3) is 6.62. The van der Waals surface area contributed by atoms with Crippen molar-refractivity contribution in [2.45, 2.75) is 38.6 Å². The summed E-state index contributed by atoms with van der Waals surface area (Å²) >= 11 is 0. The van der Waals surface area contributed by atoms with E-state index < -0.39 is 23.9 Å². The molecule has 0 fully saturated rings. The summed E-state index contributed by atoms with van der Waals surface area (Å²) in [6.07, 6.45) is 0.472. The topological polar surface area (TPSA) is 107 Å². The molecular weight excluding hydrogens is 202 g/mol. The van der Waals surface area contributed by atoms with Gasteiger partial charge in [0.05, 0.1) is 0 Å². The molecule has 6 heteroatoms. The zero-order valence-corrected chi connectivity index (χ0v) is 8.56. The van der Waals surface area contributed by atoms with Gasteiger partial charge in [0.1, 0.15) is 6.04 Å². The van der Waals surface area contributed by atoms with Crippen LogP contribution in [0.25, 0.3) is 0 Å². The third-order valence-corrected chi connectivity index (χ3v) is 1.64. The summed E-state index contributed by atoms with van der Waals surface area (Å²) in [4.78, 5) is 32.1. The largest absolute Gasteiger partial charge is 0.481 e. The molecule has 0 aromatic rings. The van der Waals surface area contributed by atoms with E-state index in [4.69, 9.17) is 10.8 Å². The maximum absolute atomic E-state index is 11.1. The minimum atomic E-state index is -1.05. The first-order valence-corrected chi connectivity index (χ1v) is 4.69. The van der Waals surface area contributed by atoms with Crippen LogP contribution in [0.1, 0.15) is 32.6 Å². The van der Waals surface area contributed by atoms with E-state index >= 15 is 0 Å². The Morgan fingerprint density at radius 1 is 1.33 bits per heavy atom. The molecule has 86 valence electrons. The van der Waals surface area contributed by atoms with Crippen molar-refractivity contribution in [3.63, 3.8) is 0 Å². The van der Waals surface area contributed by atoms with Gasteiger partial charge in [0.25, 0.3) is 0 Å². The van der Waals surface area contributed by atoms with E-state index in [2.05, 4.69) is 4.74 Å². The summed E-state index contributed by atoms with van der Waals surface area (Å²) in [6.45, 7) is 1.77. The van der Waals surface area contributed by atoms with Crippen molar-refractivity contribution in [3.8, 4) is 0 Å². The standard InChI is InChI=1S/C9H15NO5/c1-2-3-8(13)15-9(14)6(10)4-5-7(11)12/h6H,2-5,10H2,1H3,(H,11,12). The molecule has 0 aromatic carbocycles. The van der Waals surface area contributed by atoms with Crippen LogP contribution in [0.4, 0.5) is 0 Å². The van der Waals surface area contributed by atoms with E-state index in [1.165, 1.54) is 0 Å². The van der Waals surface area contributed by atoms with Crippen LogP contribution >= 0.6 is 0 Å². The van der Waals surface area contributed by atoms with Crippen LogP contribution in [0.5, 0.6) is 0 Å². The van der Waals surface area contributed by atoms with Gasteiger partial charge in [-0.2, -0.15) is 0 Å². The molecule has 0 saturated carbocycles. The number of nitrogens with two attached hydrogens (primary N) is 1. The van der Waals surface area contributed by atoms with Gasteiger partial charge in [0, 0.05) is 12.8 Å². The van der Waals surface area contributed by atoms with E-state index in [1.54, 1.807) is 6.92 Å². The molecule has 0 aliphatic rings. The van der Waals surface area contributed by atoms with Crippen LogP contribution in [0.2, 0.25) is 0 Å². The van der Waals surface area contributed by atoms with Crippen LogP contribution in [0, 0.1) is 0 Å². The molecule has 3 N–H and O–H groups in total. The molecule has 0 saturated heterocycles. The Bertz CT molecular complexity index is 251. The molecule has 0 aromatic heterocycles. The fourth-order valence-electron chi connectivity index (χ4n) is 0.840. The van der Waals surface area contributed by atoms with E-state index in [9.17, 15) is 14.4 Å². The molecule has 0 heterocycles. The number of hydrogen-bond donors (Lipinski definition) is 2. The number of aliphatic carboxylic acids is 1. The summed E-state index contributed by atoms with van der Waals surface area (Å²) < 4.78 is 4.39. The molecule has 6 nitrogen and oxygen atoms in total. The molecule has 1 atom stereocenters. The summed E-state index contributed by atoms with van der Waals surface area (Å²) in [5, 5.41) is 8.34. The van der Waals surface area contributed by atoms with Crippen molar-refractivity contribution >= 4 is 17.9 Å². The maximum Gasteiger partial charge on any atom is 0.330 e. The van der Waals surface area contributed by atoms with Gasteiger partial charge in [-0.15, -0.1) is 0 Å². The number of carbonyl (C=O) groups is 3. The summed E-state index contributed by atoms with van der Waals surface area (Å²) in [5.74, 6) is -2.54. The smallest absolute Gasteiger partial charge is 0.330 e. The maximum atomic E-state index is 11.1. The van der Waals surface area contributed by atoms with Gasteiger partial charge in [-0.1, -0.05) is 6.92 Å². The molecular formula is C9H15NO5. The lowest BCUT2D eigenvalue weighted by atomic mass is 10.2. The highest BCUT2D eigenvalue weighted by Gasteiger charge is 2.19. The molecule has 1 unspecified atom stereocenters. The summed E-state index contributed by atoms with van der Waals surface area (Å²) in [7, 11) is 0. The van der Waals surface area contributed by atoms with Crippen molar-refractivity contribution in [1.82, 2.24) is 0 Å². The van der Waals surface area contributed by atoms with Crippen molar-refractivity contribution in [1.29, 1.82) is 0 Å². The Kier molecular flexibility index (Phi) is 6.28.